The lowest BCUT2D eigenvalue weighted by Gasteiger charge is -2.21. The second-order valence-corrected chi connectivity index (χ2v) is 9.79. The van der Waals surface area contributed by atoms with Crippen LogP contribution in [0, 0.1) is 5.82 Å². The van der Waals surface area contributed by atoms with Crippen LogP contribution in [0.15, 0.2) is 41.2 Å². The second kappa shape index (κ2) is 9.55. The van der Waals surface area contributed by atoms with E-state index in [1.807, 2.05) is 7.05 Å². The Morgan fingerprint density at radius 1 is 1.29 bits per heavy atom. The highest BCUT2D eigenvalue weighted by molar-refractivity contribution is 7.08. The first kappa shape index (κ1) is 22.5. The van der Waals surface area contributed by atoms with Crippen molar-refractivity contribution in [3.63, 3.8) is 0 Å². The van der Waals surface area contributed by atoms with E-state index >= 15 is 0 Å². The summed E-state index contributed by atoms with van der Waals surface area (Å²) in [6.45, 7) is 2.51. The van der Waals surface area contributed by atoms with Gasteiger partial charge in [-0.25, -0.2) is 9.49 Å². The standard InChI is InChI=1S/C24H26FN5O3S/c1-30-11-19(23-28-29-24(32)34-23)21(12-30)27-22(31)14-4-6-17(7-5-14)33-13-15-9-16(25)10-20-18(15)3-2-8-26-20/h4-7,9-10,19,21,26H,2-3,8,11-13H2,1H3,(H,27,31)(H,29,32)/t19-,21+/m0/s1. The first-order chi connectivity index (χ1) is 16.5. The van der Waals surface area contributed by atoms with Gasteiger partial charge < -0.3 is 20.3 Å². The molecule has 3 heterocycles. The summed E-state index contributed by atoms with van der Waals surface area (Å²) in [7, 11) is 1.98. The van der Waals surface area contributed by atoms with Crippen LogP contribution in [0.1, 0.15) is 38.8 Å². The molecule has 8 nitrogen and oxygen atoms in total. The van der Waals surface area contributed by atoms with Crippen LogP contribution in [0.2, 0.25) is 0 Å². The van der Waals surface area contributed by atoms with Crippen molar-refractivity contribution in [1.29, 1.82) is 0 Å². The number of aromatic amines is 1. The van der Waals surface area contributed by atoms with E-state index in [4.69, 9.17) is 4.74 Å². The number of hydrogen-bond acceptors (Lipinski definition) is 7. The van der Waals surface area contributed by atoms with Gasteiger partial charge in [0.05, 0.1) is 6.04 Å². The summed E-state index contributed by atoms with van der Waals surface area (Å²) in [6, 6.07) is 9.85. The van der Waals surface area contributed by atoms with Crippen LogP contribution in [0.3, 0.4) is 0 Å². The van der Waals surface area contributed by atoms with Crippen LogP contribution < -0.4 is 20.2 Å². The molecule has 0 radical (unpaired) electrons. The van der Waals surface area contributed by atoms with Crippen molar-refractivity contribution in [2.24, 2.45) is 0 Å². The number of benzene rings is 2. The van der Waals surface area contributed by atoms with E-state index in [-0.39, 0.29) is 35.2 Å². The normalized spacial score (nSPS) is 19.9. The maximum Gasteiger partial charge on any atom is 0.322 e. The molecule has 0 unspecified atom stereocenters. The SMILES string of the molecule is CN1C[C@H](c2n[nH]c(=O)s2)[C@H](NC(=O)c2ccc(OCc3cc(F)cc4c3CCCN4)cc2)C1. The molecule has 1 aromatic heterocycles. The van der Waals surface area contributed by atoms with E-state index in [0.717, 1.165) is 54.1 Å². The van der Waals surface area contributed by atoms with Gasteiger partial charge in [0.15, 0.2) is 0 Å². The van der Waals surface area contributed by atoms with Crippen LogP contribution in [0.25, 0.3) is 0 Å². The van der Waals surface area contributed by atoms with Crippen LogP contribution >= 0.6 is 11.3 Å². The molecule has 3 aromatic rings. The summed E-state index contributed by atoms with van der Waals surface area (Å²) in [6.07, 6.45) is 1.90. The maximum atomic E-state index is 14.0. The van der Waals surface area contributed by atoms with Gasteiger partial charge in [0.1, 0.15) is 23.2 Å². The third-order valence-electron chi connectivity index (χ3n) is 6.33. The zero-order chi connectivity index (χ0) is 23.7. The molecule has 1 fully saturated rings. The summed E-state index contributed by atoms with van der Waals surface area (Å²) < 4.78 is 19.9. The zero-order valence-corrected chi connectivity index (χ0v) is 19.6. The minimum atomic E-state index is -0.281. The second-order valence-electron chi connectivity index (χ2n) is 8.79. The summed E-state index contributed by atoms with van der Waals surface area (Å²) in [4.78, 5) is 26.3. The van der Waals surface area contributed by atoms with Crippen LogP contribution in [-0.4, -0.2) is 53.7 Å². The highest BCUT2D eigenvalue weighted by Gasteiger charge is 2.35. The van der Waals surface area contributed by atoms with E-state index in [9.17, 15) is 14.0 Å². The van der Waals surface area contributed by atoms with E-state index < -0.39 is 0 Å². The van der Waals surface area contributed by atoms with Gasteiger partial charge in [0.2, 0.25) is 0 Å². The largest absolute Gasteiger partial charge is 0.489 e. The van der Waals surface area contributed by atoms with Crippen molar-refractivity contribution in [1.82, 2.24) is 20.4 Å². The molecule has 1 saturated heterocycles. The fourth-order valence-electron chi connectivity index (χ4n) is 4.68. The van der Waals surface area contributed by atoms with E-state index in [0.29, 0.717) is 22.9 Å². The molecule has 0 saturated carbocycles. The van der Waals surface area contributed by atoms with Crippen molar-refractivity contribution < 1.29 is 13.9 Å². The number of carbonyl (C=O) groups excluding carboxylic acids is 1. The molecule has 0 spiro atoms. The third-order valence-corrected chi connectivity index (χ3v) is 7.21. The van der Waals surface area contributed by atoms with Crippen molar-refractivity contribution in [3.05, 3.63) is 73.6 Å². The number of rotatable bonds is 6. The predicted octanol–water partition coefficient (Wildman–Crippen LogP) is 2.74. The Morgan fingerprint density at radius 3 is 2.88 bits per heavy atom. The highest BCUT2D eigenvalue weighted by Crippen LogP contribution is 2.29. The number of aromatic nitrogens is 2. The van der Waals surface area contributed by atoms with Crippen molar-refractivity contribution >= 4 is 22.9 Å². The molecule has 5 rings (SSSR count). The number of amides is 1. The number of H-pyrrole nitrogens is 1. The van der Waals surface area contributed by atoms with E-state index in [2.05, 4.69) is 25.7 Å². The fraction of sp³-hybridized carbons (Fsp3) is 0.375. The van der Waals surface area contributed by atoms with Gasteiger partial charge in [0, 0.05) is 36.8 Å². The lowest BCUT2D eigenvalue weighted by Crippen LogP contribution is -2.39. The Morgan fingerprint density at radius 2 is 2.12 bits per heavy atom. The summed E-state index contributed by atoms with van der Waals surface area (Å²) in [5.74, 6) is 0.104. The molecule has 2 aliphatic rings. The van der Waals surface area contributed by atoms with Crippen molar-refractivity contribution in [2.75, 3.05) is 32.0 Å². The van der Waals surface area contributed by atoms with Gasteiger partial charge in [-0.1, -0.05) is 11.3 Å². The topological polar surface area (TPSA) is 99.4 Å². The molecule has 2 aliphatic heterocycles. The number of likely N-dealkylation sites (N-methyl/N-ethyl adjacent to an activating group) is 1. The molecule has 0 aliphatic carbocycles. The van der Waals surface area contributed by atoms with Crippen molar-refractivity contribution in [3.8, 4) is 5.75 Å². The van der Waals surface area contributed by atoms with E-state index in [1.54, 1.807) is 24.3 Å². The van der Waals surface area contributed by atoms with E-state index in [1.165, 1.54) is 12.1 Å². The Hall–Kier alpha value is -3.24. The Bertz CT molecular complexity index is 1240. The number of fused-ring (bicyclic) bond motifs is 1. The molecular weight excluding hydrogens is 457 g/mol. The molecule has 0 bridgehead atoms. The Labute approximate surface area is 200 Å². The number of hydrogen-bond donors (Lipinski definition) is 3. The number of anilines is 1. The number of nitrogens with one attached hydrogen (secondary N) is 3. The number of likely N-dealkylation sites (tertiary alicyclic amines) is 1. The number of halogens is 1. The van der Waals surface area contributed by atoms with Crippen LogP contribution in [-0.2, 0) is 13.0 Å². The minimum absolute atomic E-state index is 0.0350. The lowest BCUT2D eigenvalue weighted by atomic mass is 9.98. The first-order valence-electron chi connectivity index (χ1n) is 11.3. The molecule has 2 aromatic carbocycles. The average Bonchev–Trinajstić information content (AvgIpc) is 3.42. The number of carbonyl (C=O) groups is 1. The molecule has 178 valence electrons. The molecule has 10 heteroatoms. The maximum absolute atomic E-state index is 14.0. The lowest BCUT2D eigenvalue weighted by molar-refractivity contribution is 0.0935. The summed E-state index contributed by atoms with van der Waals surface area (Å²) in [5.41, 5.74) is 3.29. The average molecular weight is 484 g/mol. The van der Waals surface area contributed by atoms with Gasteiger partial charge in [-0.15, -0.1) is 0 Å². The predicted molar refractivity (Wildman–Crippen MR) is 128 cm³/mol. The fourth-order valence-corrected chi connectivity index (χ4v) is 5.44. The molecule has 34 heavy (non-hydrogen) atoms. The summed E-state index contributed by atoms with van der Waals surface area (Å²) >= 11 is 1.08. The molecule has 1 amide bonds. The minimum Gasteiger partial charge on any atom is -0.489 e. The quantitative estimate of drug-likeness (QED) is 0.499. The Balaban J connectivity index is 1.23. The van der Waals surface area contributed by atoms with Gasteiger partial charge in [-0.3, -0.25) is 9.59 Å². The van der Waals surface area contributed by atoms with Gasteiger partial charge >= 0.3 is 4.87 Å². The van der Waals surface area contributed by atoms with Gasteiger partial charge in [-0.2, -0.15) is 5.10 Å². The van der Waals surface area contributed by atoms with Crippen molar-refractivity contribution in [2.45, 2.75) is 31.4 Å². The molecule has 3 N–H and O–H groups in total. The van der Waals surface area contributed by atoms with Crippen LogP contribution in [0.5, 0.6) is 5.75 Å². The molecular formula is C24H26FN5O3S. The van der Waals surface area contributed by atoms with Crippen LogP contribution in [0.4, 0.5) is 10.1 Å². The Kier molecular flexibility index (Phi) is 6.34. The van der Waals surface area contributed by atoms with Gasteiger partial charge in [0.25, 0.3) is 5.91 Å². The first-order valence-corrected chi connectivity index (χ1v) is 12.1. The monoisotopic (exact) mass is 483 g/mol. The smallest absolute Gasteiger partial charge is 0.322 e. The number of ether oxygens (including phenoxy) is 1. The zero-order valence-electron chi connectivity index (χ0n) is 18.8. The summed E-state index contributed by atoms with van der Waals surface area (Å²) in [5, 5.41) is 13.6. The van der Waals surface area contributed by atoms with Gasteiger partial charge in [-0.05, 0) is 67.4 Å². The molecule has 2 atom stereocenters. The third kappa shape index (κ3) is 4.83. The number of nitrogens with zero attached hydrogens (tertiary/aromatic N) is 2. The highest BCUT2D eigenvalue weighted by atomic mass is 32.1.